The molecule has 0 radical (unpaired) electrons. The molecule has 3 heterocycles. The smallest absolute Gasteiger partial charge is 0.239 e. The SMILES string of the molecule is Nc1n[nH]c(-c2ccc(-c3cccc4cccnc34)o2)n1. The van der Waals surface area contributed by atoms with Crippen molar-refractivity contribution in [2.24, 2.45) is 0 Å². The fourth-order valence-electron chi connectivity index (χ4n) is 2.30. The van der Waals surface area contributed by atoms with Crippen molar-refractivity contribution in [2.45, 2.75) is 0 Å². The van der Waals surface area contributed by atoms with Crippen molar-refractivity contribution in [3.63, 3.8) is 0 Å². The Balaban J connectivity index is 1.85. The molecule has 0 amide bonds. The molecule has 0 unspecified atom stereocenters. The average molecular weight is 277 g/mol. The standard InChI is InChI=1S/C15H11N5O/c16-15-18-14(19-20-15)12-7-6-11(21-12)10-5-1-3-9-4-2-8-17-13(9)10/h1-8H,(H3,16,18,19,20). The van der Waals surface area contributed by atoms with Gasteiger partial charge in [0.25, 0.3) is 0 Å². The lowest BCUT2D eigenvalue weighted by Gasteiger charge is -2.02. The second-order valence-electron chi connectivity index (χ2n) is 4.59. The number of nitrogens with two attached hydrogens (primary N) is 1. The van der Waals surface area contributed by atoms with Crippen LogP contribution >= 0.6 is 0 Å². The molecule has 1 aromatic carbocycles. The number of rotatable bonds is 2. The van der Waals surface area contributed by atoms with Crippen LogP contribution in [0.3, 0.4) is 0 Å². The maximum Gasteiger partial charge on any atom is 0.239 e. The van der Waals surface area contributed by atoms with E-state index in [-0.39, 0.29) is 5.95 Å². The van der Waals surface area contributed by atoms with Crippen LogP contribution in [0.4, 0.5) is 5.95 Å². The van der Waals surface area contributed by atoms with Gasteiger partial charge in [0.05, 0.1) is 5.52 Å². The summed E-state index contributed by atoms with van der Waals surface area (Å²) in [6.45, 7) is 0. The summed E-state index contributed by atoms with van der Waals surface area (Å²) in [7, 11) is 0. The fourth-order valence-corrected chi connectivity index (χ4v) is 2.30. The Labute approximate surface area is 119 Å². The maximum atomic E-state index is 5.85. The molecule has 0 bridgehead atoms. The fraction of sp³-hybridized carbons (Fsp3) is 0. The number of hydrogen-bond donors (Lipinski definition) is 2. The molecule has 3 aromatic heterocycles. The summed E-state index contributed by atoms with van der Waals surface area (Å²) in [6.07, 6.45) is 1.77. The van der Waals surface area contributed by atoms with Crippen molar-refractivity contribution in [1.82, 2.24) is 20.2 Å². The minimum Gasteiger partial charge on any atom is -0.453 e. The quantitative estimate of drug-likeness (QED) is 0.587. The summed E-state index contributed by atoms with van der Waals surface area (Å²) in [4.78, 5) is 8.48. The van der Waals surface area contributed by atoms with Gasteiger partial charge in [0.1, 0.15) is 5.76 Å². The number of para-hydroxylation sites is 1. The summed E-state index contributed by atoms with van der Waals surface area (Å²) >= 11 is 0. The van der Waals surface area contributed by atoms with Gasteiger partial charge in [0.15, 0.2) is 11.6 Å². The van der Waals surface area contributed by atoms with Gasteiger partial charge in [0, 0.05) is 17.1 Å². The molecular weight excluding hydrogens is 266 g/mol. The van der Waals surface area contributed by atoms with Crippen LogP contribution in [0.15, 0.2) is 53.1 Å². The molecule has 102 valence electrons. The molecule has 0 saturated heterocycles. The van der Waals surface area contributed by atoms with E-state index >= 15 is 0 Å². The van der Waals surface area contributed by atoms with Crippen molar-refractivity contribution in [3.8, 4) is 22.9 Å². The summed E-state index contributed by atoms with van der Waals surface area (Å²) in [5, 5.41) is 7.59. The maximum absolute atomic E-state index is 5.85. The van der Waals surface area contributed by atoms with E-state index < -0.39 is 0 Å². The Kier molecular flexibility index (Phi) is 2.47. The summed E-state index contributed by atoms with van der Waals surface area (Å²) in [6, 6.07) is 13.6. The third-order valence-corrected chi connectivity index (χ3v) is 3.24. The van der Waals surface area contributed by atoms with E-state index in [9.17, 15) is 0 Å². The van der Waals surface area contributed by atoms with Gasteiger partial charge in [-0.3, -0.25) is 10.1 Å². The monoisotopic (exact) mass is 277 g/mol. The average Bonchev–Trinajstić information content (AvgIpc) is 3.15. The van der Waals surface area contributed by atoms with E-state index in [1.54, 1.807) is 6.20 Å². The van der Waals surface area contributed by atoms with Crippen LogP contribution in [0.1, 0.15) is 0 Å². The van der Waals surface area contributed by atoms with Gasteiger partial charge in [-0.2, -0.15) is 4.98 Å². The molecule has 6 heteroatoms. The first kappa shape index (κ1) is 11.7. The lowest BCUT2D eigenvalue weighted by molar-refractivity contribution is 0.593. The zero-order valence-corrected chi connectivity index (χ0v) is 10.9. The lowest BCUT2D eigenvalue weighted by atomic mass is 10.1. The van der Waals surface area contributed by atoms with Crippen LogP contribution in [0.2, 0.25) is 0 Å². The van der Waals surface area contributed by atoms with E-state index in [1.165, 1.54) is 0 Å². The minimum absolute atomic E-state index is 0.190. The number of hydrogen-bond acceptors (Lipinski definition) is 5. The van der Waals surface area contributed by atoms with Crippen molar-refractivity contribution < 1.29 is 4.42 Å². The summed E-state index contributed by atoms with van der Waals surface area (Å²) in [5.74, 6) is 2.01. The zero-order chi connectivity index (χ0) is 14.2. The number of furan rings is 1. The van der Waals surface area contributed by atoms with Crippen LogP contribution in [0, 0.1) is 0 Å². The lowest BCUT2D eigenvalue weighted by Crippen LogP contribution is -1.85. The number of nitrogen functional groups attached to an aromatic ring is 1. The third-order valence-electron chi connectivity index (χ3n) is 3.24. The van der Waals surface area contributed by atoms with E-state index in [4.69, 9.17) is 10.2 Å². The summed E-state index contributed by atoms with van der Waals surface area (Å²) < 4.78 is 5.85. The molecule has 0 aliphatic heterocycles. The molecule has 0 spiro atoms. The number of anilines is 1. The first-order valence-electron chi connectivity index (χ1n) is 6.43. The number of nitrogens with zero attached hydrogens (tertiary/aromatic N) is 3. The predicted octanol–water partition coefficient (Wildman–Crippen LogP) is 2.86. The molecule has 0 fully saturated rings. The van der Waals surface area contributed by atoms with E-state index in [0.29, 0.717) is 11.6 Å². The van der Waals surface area contributed by atoms with Crippen LogP contribution in [0.25, 0.3) is 33.8 Å². The zero-order valence-electron chi connectivity index (χ0n) is 10.9. The van der Waals surface area contributed by atoms with Gasteiger partial charge in [-0.1, -0.05) is 18.2 Å². The first-order valence-corrected chi connectivity index (χ1v) is 6.43. The highest BCUT2D eigenvalue weighted by Crippen LogP contribution is 2.31. The molecule has 0 aliphatic rings. The second kappa shape index (κ2) is 4.45. The van der Waals surface area contributed by atoms with Gasteiger partial charge >= 0.3 is 0 Å². The third kappa shape index (κ3) is 1.93. The number of H-pyrrole nitrogens is 1. The molecule has 6 nitrogen and oxygen atoms in total. The number of fused-ring (bicyclic) bond motifs is 1. The Morgan fingerprint density at radius 1 is 1.00 bits per heavy atom. The Morgan fingerprint density at radius 3 is 2.71 bits per heavy atom. The number of aromatic nitrogens is 4. The predicted molar refractivity (Wildman–Crippen MR) is 79.2 cm³/mol. The number of nitrogens with one attached hydrogen (secondary N) is 1. The van der Waals surface area contributed by atoms with Gasteiger partial charge < -0.3 is 10.2 Å². The van der Waals surface area contributed by atoms with Crippen molar-refractivity contribution >= 4 is 16.9 Å². The van der Waals surface area contributed by atoms with Gasteiger partial charge in [-0.15, -0.1) is 5.10 Å². The highest BCUT2D eigenvalue weighted by molar-refractivity contribution is 5.92. The summed E-state index contributed by atoms with van der Waals surface area (Å²) in [5.41, 5.74) is 7.34. The molecule has 3 N–H and O–H groups in total. The largest absolute Gasteiger partial charge is 0.453 e. The van der Waals surface area contributed by atoms with E-state index in [1.807, 2.05) is 42.5 Å². The van der Waals surface area contributed by atoms with Gasteiger partial charge in [-0.05, 0) is 24.3 Å². The van der Waals surface area contributed by atoms with E-state index in [2.05, 4.69) is 20.2 Å². The second-order valence-corrected chi connectivity index (χ2v) is 4.59. The van der Waals surface area contributed by atoms with Crippen molar-refractivity contribution in [3.05, 3.63) is 48.7 Å². The highest BCUT2D eigenvalue weighted by Gasteiger charge is 2.12. The van der Waals surface area contributed by atoms with Crippen LogP contribution < -0.4 is 5.73 Å². The van der Waals surface area contributed by atoms with Crippen LogP contribution in [-0.4, -0.2) is 20.2 Å². The van der Waals surface area contributed by atoms with Crippen molar-refractivity contribution in [1.29, 1.82) is 0 Å². The Morgan fingerprint density at radius 2 is 1.86 bits per heavy atom. The molecule has 0 saturated carbocycles. The number of pyridine rings is 1. The molecule has 0 atom stereocenters. The molecular formula is C15H11N5O. The molecule has 4 rings (SSSR count). The Hall–Kier alpha value is -3.15. The number of aromatic amines is 1. The normalized spacial score (nSPS) is 11.0. The number of benzene rings is 1. The minimum atomic E-state index is 0.190. The van der Waals surface area contributed by atoms with Gasteiger partial charge in [-0.25, -0.2) is 0 Å². The Bertz CT molecular complexity index is 919. The topological polar surface area (TPSA) is 93.6 Å². The molecule has 21 heavy (non-hydrogen) atoms. The first-order chi connectivity index (χ1) is 10.3. The van der Waals surface area contributed by atoms with Crippen LogP contribution in [-0.2, 0) is 0 Å². The molecule has 0 aliphatic carbocycles. The molecule has 4 aromatic rings. The van der Waals surface area contributed by atoms with E-state index in [0.717, 1.165) is 22.2 Å². The van der Waals surface area contributed by atoms with Crippen molar-refractivity contribution in [2.75, 3.05) is 5.73 Å². The highest BCUT2D eigenvalue weighted by atomic mass is 16.3. The van der Waals surface area contributed by atoms with Gasteiger partial charge in [0.2, 0.25) is 5.95 Å². The van der Waals surface area contributed by atoms with Crippen LogP contribution in [0.5, 0.6) is 0 Å².